The lowest BCUT2D eigenvalue weighted by Crippen LogP contribution is -2.61. The molecule has 30 heavy (non-hydrogen) atoms. The quantitative estimate of drug-likeness (QED) is 0.314. The van der Waals surface area contributed by atoms with Crippen molar-refractivity contribution in [2.75, 3.05) is 0 Å². The van der Waals surface area contributed by atoms with Crippen LogP contribution in [0.25, 0.3) is 0 Å². The van der Waals surface area contributed by atoms with Crippen LogP contribution in [0.15, 0.2) is 81.4 Å². The monoisotopic (exact) mass is 780 g/mol. The van der Waals surface area contributed by atoms with E-state index in [1.54, 1.807) is 0 Å². The zero-order chi connectivity index (χ0) is 21.4. The first-order chi connectivity index (χ1) is 14.3. The van der Waals surface area contributed by atoms with Crippen LogP contribution in [-0.4, -0.2) is 21.4 Å². The first-order valence-corrected chi connectivity index (χ1v) is 13.4. The van der Waals surface area contributed by atoms with E-state index in [1.165, 1.54) is 0 Å². The summed E-state index contributed by atoms with van der Waals surface area (Å²) in [5, 5.41) is 0. The van der Waals surface area contributed by atoms with Crippen LogP contribution >= 0.6 is 95.6 Å². The maximum absolute atomic E-state index is 6.24. The fraction of sp³-hybridized carbons (Fsp3) is 0. The van der Waals surface area contributed by atoms with Crippen LogP contribution in [0, 0.1) is 0 Å². The van der Waals surface area contributed by atoms with Crippen molar-refractivity contribution >= 4 is 133 Å². The van der Waals surface area contributed by atoms with Crippen molar-refractivity contribution in [3.63, 3.8) is 0 Å². The van der Waals surface area contributed by atoms with Crippen molar-refractivity contribution in [1.29, 1.82) is 0 Å². The van der Waals surface area contributed by atoms with Crippen molar-refractivity contribution in [2.24, 2.45) is 0 Å². The van der Waals surface area contributed by atoms with E-state index in [-0.39, 0.29) is 0 Å². The van der Waals surface area contributed by atoms with Gasteiger partial charge in [0, 0.05) is 26.8 Å². The van der Waals surface area contributed by atoms with E-state index in [2.05, 4.69) is 95.6 Å². The van der Waals surface area contributed by atoms with Gasteiger partial charge >= 0.3 is 21.4 Å². The standard InChI is InChI=1S/C18H9B3Br6O3/c22-13-1-10(2-14(23)7-13)19-28-20(11-3-15(24)8-16(25)4-11)30-21(29-19)12-5-17(26)9-18(27)6-12/h1-9H. The summed E-state index contributed by atoms with van der Waals surface area (Å²) in [6.07, 6.45) is 0. The lowest BCUT2D eigenvalue weighted by Gasteiger charge is -2.32. The van der Waals surface area contributed by atoms with Crippen LogP contribution in [0.1, 0.15) is 0 Å². The van der Waals surface area contributed by atoms with E-state index in [1.807, 2.05) is 54.6 Å². The molecule has 3 nitrogen and oxygen atoms in total. The fourth-order valence-electron chi connectivity index (χ4n) is 3.04. The van der Waals surface area contributed by atoms with E-state index >= 15 is 0 Å². The molecule has 0 saturated carbocycles. The highest BCUT2D eigenvalue weighted by atomic mass is 79.9. The third-order valence-corrected chi connectivity index (χ3v) is 6.96. The molecular weight excluding hydrogens is 776 g/mol. The van der Waals surface area contributed by atoms with Gasteiger partial charge in [-0.2, -0.15) is 0 Å². The molecule has 0 amide bonds. The second kappa shape index (κ2) is 10.3. The van der Waals surface area contributed by atoms with Gasteiger partial charge in [0.15, 0.2) is 0 Å². The van der Waals surface area contributed by atoms with Gasteiger partial charge in [-0.05, 0) is 71.0 Å². The SMILES string of the molecule is Brc1cc(Br)cc(B2OB(c3cc(Br)cc(Br)c3)OB(c3cc(Br)cc(Br)c3)O2)c1. The Morgan fingerprint density at radius 3 is 0.767 bits per heavy atom. The van der Waals surface area contributed by atoms with E-state index in [0.717, 1.165) is 43.2 Å². The third-order valence-electron chi connectivity index (χ3n) is 4.21. The Bertz CT molecular complexity index is 899. The van der Waals surface area contributed by atoms with Gasteiger partial charge in [-0.25, -0.2) is 0 Å². The Morgan fingerprint density at radius 2 is 0.567 bits per heavy atom. The second-order valence-electron chi connectivity index (χ2n) is 6.51. The summed E-state index contributed by atoms with van der Waals surface area (Å²) in [7, 11) is -1.88. The van der Waals surface area contributed by atoms with Crippen LogP contribution in [0.5, 0.6) is 0 Å². The summed E-state index contributed by atoms with van der Waals surface area (Å²) >= 11 is 21.2. The van der Waals surface area contributed by atoms with Gasteiger partial charge in [-0.1, -0.05) is 95.6 Å². The maximum atomic E-state index is 6.24. The molecule has 0 radical (unpaired) electrons. The van der Waals surface area contributed by atoms with Crippen LogP contribution in [0.3, 0.4) is 0 Å². The molecule has 0 atom stereocenters. The summed E-state index contributed by atoms with van der Waals surface area (Å²) in [5.74, 6) is 0. The van der Waals surface area contributed by atoms with Gasteiger partial charge in [0.25, 0.3) is 0 Å². The van der Waals surface area contributed by atoms with Crippen molar-refractivity contribution < 1.29 is 13.7 Å². The lowest BCUT2D eigenvalue weighted by molar-refractivity contribution is 0.308. The van der Waals surface area contributed by atoms with Gasteiger partial charge < -0.3 is 13.7 Å². The average Bonchev–Trinajstić information content (AvgIpc) is 2.65. The molecule has 1 saturated heterocycles. The smallest absolute Gasteiger partial charge is 0.445 e. The summed E-state index contributed by atoms with van der Waals surface area (Å²) < 4.78 is 24.3. The second-order valence-corrected chi connectivity index (χ2v) is 12.0. The molecule has 0 bridgehead atoms. The van der Waals surface area contributed by atoms with Crippen molar-refractivity contribution in [1.82, 2.24) is 0 Å². The summed E-state index contributed by atoms with van der Waals surface area (Å²) in [5.41, 5.74) is 2.62. The summed E-state index contributed by atoms with van der Waals surface area (Å²) in [6.45, 7) is 0. The predicted molar refractivity (Wildman–Crippen MR) is 145 cm³/mol. The molecule has 150 valence electrons. The molecular formula is C18H9B3Br6O3. The first kappa shape index (κ1) is 23.8. The zero-order valence-corrected chi connectivity index (χ0v) is 24.4. The van der Waals surface area contributed by atoms with E-state index in [9.17, 15) is 0 Å². The van der Waals surface area contributed by atoms with E-state index in [0.29, 0.717) is 0 Å². The molecule has 1 aliphatic heterocycles. The van der Waals surface area contributed by atoms with Gasteiger partial charge in [-0.3, -0.25) is 0 Å². The Kier molecular flexibility index (Phi) is 8.13. The molecule has 1 fully saturated rings. The maximum Gasteiger partial charge on any atom is 0.467 e. The van der Waals surface area contributed by atoms with Crippen molar-refractivity contribution in [3.05, 3.63) is 81.4 Å². The molecule has 1 heterocycles. The highest BCUT2D eigenvalue weighted by Gasteiger charge is 2.44. The molecule has 0 aromatic heterocycles. The van der Waals surface area contributed by atoms with Crippen LogP contribution in [0.4, 0.5) is 0 Å². The minimum atomic E-state index is -0.627. The van der Waals surface area contributed by atoms with Gasteiger partial charge in [0.1, 0.15) is 0 Å². The summed E-state index contributed by atoms with van der Waals surface area (Å²) in [4.78, 5) is 0. The zero-order valence-electron chi connectivity index (χ0n) is 14.9. The predicted octanol–water partition coefficient (Wildman–Crippen LogP) is 5.81. The molecule has 12 heteroatoms. The molecule has 4 rings (SSSR count). The Balaban J connectivity index is 1.75. The molecule has 3 aromatic carbocycles. The van der Waals surface area contributed by atoms with Gasteiger partial charge in [0.2, 0.25) is 0 Å². The van der Waals surface area contributed by atoms with Crippen LogP contribution in [-0.2, 0) is 13.7 Å². The van der Waals surface area contributed by atoms with E-state index in [4.69, 9.17) is 13.7 Å². The van der Waals surface area contributed by atoms with Gasteiger partial charge in [0.05, 0.1) is 0 Å². The normalized spacial score (nSPS) is 14.4. The highest BCUT2D eigenvalue weighted by molar-refractivity contribution is 9.11. The number of halogens is 6. The number of hydrogen-bond donors (Lipinski definition) is 0. The number of hydrogen-bond acceptors (Lipinski definition) is 3. The number of benzene rings is 3. The molecule has 0 aliphatic carbocycles. The van der Waals surface area contributed by atoms with Crippen LogP contribution < -0.4 is 16.4 Å². The van der Waals surface area contributed by atoms with Gasteiger partial charge in [-0.15, -0.1) is 0 Å². The van der Waals surface area contributed by atoms with E-state index < -0.39 is 21.4 Å². The summed E-state index contributed by atoms with van der Waals surface area (Å²) in [6, 6.07) is 17.7. The minimum absolute atomic E-state index is 0.627. The molecule has 0 unspecified atom stereocenters. The molecule has 1 aliphatic rings. The first-order valence-electron chi connectivity index (χ1n) is 8.61. The Hall–Kier alpha value is 0.615. The molecule has 0 N–H and O–H groups in total. The topological polar surface area (TPSA) is 27.7 Å². The molecule has 3 aromatic rings. The fourth-order valence-corrected chi connectivity index (χ4v) is 7.03. The number of rotatable bonds is 3. The molecule has 0 spiro atoms. The minimum Gasteiger partial charge on any atom is -0.445 e. The Morgan fingerprint density at radius 1 is 0.367 bits per heavy atom. The Labute approximate surface area is 226 Å². The third kappa shape index (κ3) is 5.94. The lowest BCUT2D eigenvalue weighted by atomic mass is 9.61. The average molecular weight is 785 g/mol. The highest BCUT2D eigenvalue weighted by Crippen LogP contribution is 2.22. The van der Waals surface area contributed by atoms with Crippen molar-refractivity contribution in [2.45, 2.75) is 0 Å². The van der Waals surface area contributed by atoms with Crippen molar-refractivity contribution in [3.8, 4) is 0 Å². The van der Waals surface area contributed by atoms with Crippen LogP contribution in [0.2, 0.25) is 0 Å². The largest absolute Gasteiger partial charge is 0.467 e.